The average Bonchev–Trinajstić information content (AvgIpc) is 2.24. The van der Waals surface area contributed by atoms with Crippen molar-refractivity contribution < 1.29 is 9.53 Å². The molecule has 0 aromatic heterocycles. The molecule has 124 valence electrons. The third-order valence-corrected chi connectivity index (χ3v) is 4.02. The maximum absolute atomic E-state index is 11.6. The van der Waals surface area contributed by atoms with Crippen LogP contribution in [0.25, 0.3) is 0 Å². The summed E-state index contributed by atoms with van der Waals surface area (Å²) in [7, 11) is 0. The Hall–Kier alpha value is -0.650. The molecule has 3 N–H and O–H groups in total. The van der Waals surface area contributed by atoms with Crippen molar-refractivity contribution in [2.24, 2.45) is 5.73 Å². The van der Waals surface area contributed by atoms with Gasteiger partial charge in [-0.15, -0.1) is 0 Å². The normalized spacial score (nSPS) is 24.5. The summed E-state index contributed by atoms with van der Waals surface area (Å²) < 4.78 is 6.09. The van der Waals surface area contributed by atoms with Crippen LogP contribution in [0.15, 0.2) is 0 Å². The Balaban J connectivity index is 2.53. The van der Waals surface area contributed by atoms with Gasteiger partial charge in [0, 0.05) is 13.1 Å². The van der Waals surface area contributed by atoms with Crippen LogP contribution in [-0.2, 0) is 9.53 Å². The third-order valence-electron chi connectivity index (χ3n) is 4.02. The first-order valence-electron chi connectivity index (χ1n) is 7.97. The van der Waals surface area contributed by atoms with Gasteiger partial charge in [0.1, 0.15) is 0 Å². The summed E-state index contributed by atoms with van der Waals surface area (Å²) in [6.07, 6.45) is 1.70. The second-order valence-corrected chi connectivity index (χ2v) is 7.66. The molecule has 21 heavy (non-hydrogen) atoms. The fourth-order valence-electron chi connectivity index (χ4n) is 3.45. The Morgan fingerprint density at radius 3 is 2.24 bits per heavy atom. The Labute approximate surface area is 129 Å². The van der Waals surface area contributed by atoms with Gasteiger partial charge in [-0.25, -0.2) is 0 Å². The molecule has 5 nitrogen and oxygen atoms in total. The minimum Gasteiger partial charge on any atom is -0.368 e. The van der Waals surface area contributed by atoms with Gasteiger partial charge in [0.2, 0.25) is 5.91 Å². The molecule has 5 heteroatoms. The maximum Gasteiger partial charge on any atom is 0.237 e. The first-order chi connectivity index (χ1) is 9.50. The molecule has 0 spiro atoms. The van der Waals surface area contributed by atoms with E-state index in [1.807, 2.05) is 13.8 Å². The highest BCUT2D eigenvalue weighted by Crippen LogP contribution is 2.28. The number of hydrogen-bond acceptors (Lipinski definition) is 4. The van der Waals surface area contributed by atoms with Crippen molar-refractivity contribution in [2.75, 3.05) is 26.2 Å². The zero-order chi connectivity index (χ0) is 16.3. The van der Waals surface area contributed by atoms with Crippen LogP contribution in [0.1, 0.15) is 54.4 Å². The van der Waals surface area contributed by atoms with Crippen LogP contribution in [0.5, 0.6) is 0 Å². The number of carbonyl (C=O) groups excluding carboxylic acids is 1. The van der Waals surface area contributed by atoms with E-state index in [1.54, 1.807) is 0 Å². The number of primary amides is 1. The fraction of sp³-hybridized carbons (Fsp3) is 0.938. The number of nitrogens with two attached hydrogens (primary N) is 1. The van der Waals surface area contributed by atoms with E-state index in [4.69, 9.17) is 10.5 Å². The molecule has 0 aliphatic carbocycles. The van der Waals surface area contributed by atoms with Gasteiger partial charge in [-0.05, 0) is 60.5 Å². The zero-order valence-electron chi connectivity index (χ0n) is 14.6. The van der Waals surface area contributed by atoms with E-state index >= 15 is 0 Å². The van der Waals surface area contributed by atoms with Gasteiger partial charge in [-0.1, -0.05) is 6.92 Å². The van der Waals surface area contributed by atoms with Crippen LogP contribution in [0.3, 0.4) is 0 Å². The van der Waals surface area contributed by atoms with Crippen molar-refractivity contribution in [3.63, 3.8) is 0 Å². The molecule has 1 atom stereocenters. The van der Waals surface area contributed by atoms with Gasteiger partial charge in [0.15, 0.2) is 0 Å². The zero-order valence-corrected chi connectivity index (χ0v) is 14.6. The molecule has 0 radical (unpaired) electrons. The number of morpholine rings is 1. The second-order valence-electron chi connectivity index (χ2n) is 7.66. The van der Waals surface area contributed by atoms with Gasteiger partial charge < -0.3 is 15.8 Å². The van der Waals surface area contributed by atoms with Crippen LogP contribution >= 0.6 is 0 Å². The minimum atomic E-state index is -0.605. The fourth-order valence-corrected chi connectivity index (χ4v) is 3.45. The number of likely N-dealkylation sites (N-methyl/N-ethyl adjacent to an activating group) is 1. The Morgan fingerprint density at radius 2 is 1.81 bits per heavy atom. The summed E-state index contributed by atoms with van der Waals surface area (Å²) in [5.41, 5.74) is 4.67. The summed E-state index contributed by atoms with van der Waals surface area (Å²) in [5, 5.41) is 3.21. The Morgan fingerprint density at radius 1 is 1.29 bits per heavy atom. The molecule has 0 saturated carbocycles. The summed E-state index contributed by atoms with van der Waals surface area (Å²) in [6.45, 7) is 16.0. The first kappa shape index (κ1) is 18.4. The van der Waals surface area contributed by atoms with Crippen LogP contribution < -0.4 is 11.1 Å². The molecule has 1 saturated heterocycles. The van der Waals surface area contributed by atoms with Crippen LogP contribution in [0.4, 0.5) is 0 Å². The average molecular weight is 299 g/mol. The molecule has 1 aliphatic heterocycles. The van der Waals surface area contributed by atoms with Gasteiger partial charge in [-0.3, -0.25) is 9.69 Å². The van der Waals surface area contributed by atoms with E-state index in [2.05, 4.69) is 37.9 Å². The molecule has 0 aromatic carbocycles. The number of nitrogens with one attached hydrogen (secondary N) is 1. The molecule has 0 bridgehead atoms. The number of carbonyl (C=O) groups is 1. The lowest BCUT2D eigenvalue weighted by Gasteiger charge is -2.47. The van der Waals surface area contributed by atoms with Crippen molar-refractivity contribution in [3.8, 4) is 0 Å². The van der Waals surface area contributed by atoms with Crippen molar-refractivity contribution in [3.05, 3.63) is 0 Å². The highest BCUT2D eigenvalue weighted by molar-refractivity contribution is 5.84. The molecule has 1 aliphatic rings. The molecule has 1 amide bonds. The van der Waals surface area contributed by atoms with Crippen molar-refractivity contribution in [1.82, 2.24) is 10.2 Å². The SMILES string of the molecule is CCNC(C)(CCCN1CC(C)(C)OC(C)(C)C1)C(N)=O. The minimum absolute atomic E-state index is 0.129. The molecular formula is C16H33N3O2. The third kappa shape index (κ3) is 5.57. The van der Waals surface area contributed by atoms with Gasteiger partial charge >= 0.3 is 0 Å². The Kier molecular flexibility index (Phi) is 5.81. The summed E-state index contributed by atoms with van der Waals surface area (Å²) in [5.74, 6) is -0.271. The van der Waals surface area contributed by atoms with Crippen LogP contribution in [0, 0.1) is 0 Å². The van der Waals surface area contributed by atoms with E-state index in [0.29, 0.717) is 0 Å². The number of ether oxygens (including phenoxy) is 1. The Bertz CT molecular complexity index is 353. The van der Waals surface area contributed by atoms with E-state index in [-0.39, 0.29) is 17.1 Å². The van der Waals surface area contributed by atoms with Crippen molar-refractivity contribution in [1.29, 1.82) is 0 Å². The predicted molar refractivity (Wildman–Crippen MR) is 86.2 cm³/mol. The van der Waals surface area contributed by atoms with Gasteiger partial charge in [0.25, 0.3) is 0 Å². The van der Waals surface area contributed by atoms with Crippen LogP contribution in [0.2, 0.25) is 0 Å². The largest absolute Gasteiger partial charge is 0.368 e. The van der Waals surface area contributed by atoms with Gasteiger partial charge in [-0.2, -0.15) is 0 Å². The summed E-state index contributed by atoms with van der Waals surface area (Å²) in [6, 6.07) is 0. The first-order valence-corrected chi connectivity index (χ1v) is 7.97. The van der Waals surface area contributed by atoms with Crippen molar-refractivity contribution >= 4 is 5.91 Å². The second kappa shape index (κ2) is 6.63. The lowest BCUT2D eigenvalue weighted by Crippen LogP contribution is -2.57. The van der Waals surface area contributed by atoms with E-state index in [9.17, 15) is 4.79 Å². The van der Waals surface area contributed by atoms with Gasteiger partial charge in [0.05, 0.1) is 16.7 Å². The highest BCUT2D eigenvalue weighted by atomic mass is 16.5. The molecule has 1 heterocycles. The quantitative estimate of drug-likeness (QED) is 0.748. The van der Waals surface area contributed by atoms with E-state index in [1.165, 1.54) is 0 Å². The summed E-state index contributed by atoms with van der Waals surface area (Å²) in [4.78, 5) is 14.1. The van der Waals surface area contributed by atoms with Crippen molar-refractivity contribution in [2.45, 2.75) is 71.1 Å². The maximum atomic E-state index is 11.6. The number of nitrogens with zero attached hydrogens (tertiary/aromatic N) is 1. The van der Waals surface area contributed by atoms with E-state index < -0.39 is 5.54 Å². The number of hydrogen-bond donors (Lipinski definition) is 2. The van der Waals surface area contributed by atoms with E-state index in [0.717, 1.165) is 39.0 Å². The molecule has 1 unspecified atom stereocenters. The highest BCUT2D eigenvalue weighted by Gasteiger charge is 2.38. The smallest absolute Gasteiger partial charge is 0.237 e. The molecule has 1 fully saturated rings. The summed E-state index contributed by atoms with van der Waals surface area (Å²) >= 11 is 0. The standard InChI is InChI=1S/C16H33N3O2/c1-7-18-16(6,13(17)20)9-8-10-19-11-14(2,3)21-15(4,5)12-19/h18H,7-12H2,1-6H3,(H2,17,20). The molecule has 0 aromatic rings. The molecular weight excluding hydrogens is 266 g/mol. The lowest BCUT2D eigenvalue weighted by molar-refractivity contribution is -0.180. The predicted octanol–water partition coefficient (Wildman–Crippen LogP) is 1.51. The lowest BCUT2D eigenvalue weighted by atomic mass is 9.93. The number of amides is 1. The topological polar surface area (TPSA) is 67.6 Å². The molecule has 1 rings (SSSR count). The number of rotatable bonds is 7. The monoisotopic (exact) mass is 299 g/mol. The van der Waals surface area contributed by atoms with Crippen LogP contribution in [-0.4, -0.2) is 53.7 Å².